The van der Waals surface area contributed by atoms with Gasteiger partial charge in [-0.15, -0.1) is 0 Å². The van der Waals surface area contributed by atoms with Crippen molar-refractivity contribution in [2.24, 2.45) is 0 Å². The van der Waals surface area contributed by atoms with E-state index in [2.05, 4.69) is 151 Å². The van der Waals surface area contributed by atoms with Crippen molar-refractivity contribution in [1.82, 2.24) is 4.98 Å². The molecular weight excluding hydrogens is 625 g/mol. The molecule has 0 fully saturated rings. The van der Waals surface area contributed by atoms with E-state index in [1.165, 1.54) is 43.4 Å². The third kappa shape index (κ3) is 4.36. The van der Waals surface area contributed by atoms with Crippen molar-refractivity contribution in [3.8, 4) is 11.5 Å². The first-order chi connectivity index (χ1) is 25.3. The molecule has 11 rings (SSSR count). The third-order valence-corrected chi connectivity index (χ3v) is 10.5. The highest BCUT2D eigenvalue weighted by atomic mass is 16.4. The summed E-state index contributed by atoms with van der Waals surface area (Å²) in [5.41, 5.74) is 9.98. The largest absolute Gasteiger partial charge is 0.456 e. The Balaban J connectivity index is 1.08. The number of anilines is 3. The molecule has 0 amide bonds. The monoisotopic (exact) mass is 654 g/mol. The Morgan fingerprint density at radius 2 is 1.29 bits per heavy atom. The molecule has 0 saturated carbocycles. The second kappa shape index (κ2) is 10.9. The molecule has 240 valence electrons. The highest BCUT2D eigenvalue weighted by Crippen LogP contribution is 2.44. The Kier molecular flexibility index (Phi) is 6.05. The molecule has 0 bridgehead atoms. The van der Waals surface area contributed by atoms with Gasteiger partial charge in [0.15, 0.2) is 5.58 Å². The number of furan rings is 1. The highest BCUT2D eigenvalue weighted by molar-refractivity contribution is 6.26. The average molecular weight is 655 g/mol. The van der Waals surface area contributed by atoms with Gasteiger partial charge in [-0.05, 0) is 117 Å². The molecule has 51 heavy (non-hydrogen) atoms. The van der Waals surface area contributed by atoms with Gasteiger partial charge in [0.05, 0.1) is 5.39 Å². The van der Waals surface area contributed by atoms with Gasteiger partial charge in [-0.25, -0.2) is 4.98 Å². The summed E-state index contributed by atoms with van der Waals surface area (Å²) < 4.78 is 13.2. The number of benzene rings is 8. The SMILES string of the molecule is C1=Cc2ccc3ccc4oc5ccc6nc(-c7cccc(N(c8ccccc8)c8ccc9c(ccc%10ccccc%109)c8)c7)oc6c5c4c3c2CC1. The summed E-state index contributed by atoms with van der Waals surface area (Å²) in [7, 11) is 0. The minimum absolute atomic E-state index is 0.580. The second-order valence-corrected chi connectivity index (χ2v) is 13.4. The summed E-state index contributed by atoms with van der Waals surface area (Å²) in [6.45, 7) is 0. The fourth-order valence-corrected chi connectivity index (χ4v) is 8.16. The van der Waals surface area contributed by atoms with Crippen LogP contribution >= 0.6 is 0 Å². The fraction of sp³-hybridized carbons (Fsp3) is 0.0426. The summed E-state index contributed by atoms with van der Waals surface area (Å²) >= 11 is 0. The Labute approximate surface area is 293 Å². The molecule has 0 spiro atoms. The number of oxazole rings is 1. The number of aromatic nitrogens is 1. The Hall–Kier alpha value is -6.65. The van der Waals surface area contributed by atoms with Crippen LogP contribution in [0.4, 0.5) is 17.1 Å². The molecule has 2 aromatic heterocycles. The average Bonchev–Trinajstić information content (AvgIpc) is 3.80. The van der Waals surface area contributed by atoms with E-state index in [-0.39, 0.29) is 0 Å². The number of hydrogen-bond acceptors (Lipinski definition) is 4. The van der Waals surface area contributed by atoms with E-state index < -0.39 is 0 Å². The molecule has 0 atom stereocenters. The molecular formula is C47H30N2O2. The van der Waals surface area contributed by atoms with Crippen LogP contribution in [0.25, 0.3) is 82.9 Å². The number of allylic oxidation sites excluding steroid dienone is 1. The van der Waals surface area contributed by atoms with Gasteiger partial charge in [0.25, 0.3) is 0 Å². The number of hydrogen-bond donors (Lipinski definition) is 0. The van der Waals surface area contributed by atoms with Crippen LogP contribution in [-0.2, 0) is 6.42 Å². The number of para-hydroxylation sites is 1. The van der Waals surface area contributed by atoms with Crippen molar-refractivity contribution >= 4 is 88.5 Å². The van der Waals surface area contributed by atoms with Gasteiger partial charge >= 0.3 is 0 Å². The number of fused-ring (bicyclic) bond motifs is 12. The number of aryl methyl sites for hydroxylation is 1. The van der Waals surface area contributed by atoms with Crippen LogP contribution in [0.5, 0.6) is 0 Å². The van der Waals surface area contributed by atoms with E-state index >= 15 is 0 Å². The Bertz CT molecular complexity index is 3040. The minimum Gasteiger partial charge on any atom is -0.456 e. The van der Waals surface area contributed by atoms with Crippen molar-refractivity contribution < 1.29 is 8.83 Å². The molecule has 0 radical (unpaired) electrons. The fourth-order valence-electron chi connectivity index (χ4n) is 8.16. The first-order valence-corrected chi connectivity index (χ1v) is 17.5. The van der Waals surface area contributed by atoms with Crippen LogP contribution < -0.4 is 4.90 Å². The van der Waals surface area contributed by atoms with Gasteiger partial charge in [-0.1, -0.05) is 97.1 Å². The van der Waals surface area contributed by atoms with Gasteiger partial charge < -0.3 is 13.7 Å². The van der Waals surface area contributed by atoms with E-state index in [1.807, 2.05) is 12.1 Å². The van der Waals surface area contributed by atoms with Crippen molar-refractivity contribution in [2.75, 3.05) is 4.90 Å². The summed E-state index contributed by atoms with van der Waals surface area (Å²) in [4.78, 5) is 7.36. The van der Waals surface area contributed by atoms with Crippen molar-refractivity contribution in [3.63, 3.8) is 0 Å². The van der Waals surface area contributed by atoms with Crippen molar-refractivity contribution in [3.05, 3.63) is 163 Å². The smallest absolute Gasteiger partial charge is 0.227 e. The predicted octanol–water partition coefficient (Wildman–Crippen LogP) is 13.3. The first-order valence-electron chi connectivity index (χ1n) is 17.5. The first kappa shape index (κ1) is 28.2. The standard InChI is InChI=1S/C47H30N2O2/c1-2-12-34(13-3-1)49(36-22-23-38-32(27-36)20-18-29-9-4-6-15-37(29)38)35-14-8-11-33(28-35)47-48-40-24-26-42-45(46(40)51-47)44-41(50-42)25-21-31-19-17-30-10-5-7-16-39(30)43(31)44/h1-6,8-15,17-28H,7,16H2. The molecule has 0 saturated heterocycles. The molecule has 1 aliphatic carbocycles. The van der Waals surface area contributed by atoms with Crippen LogP contribution in [0.1, 0.15) is 17.5 Å². The minimum atomic E-state index is 0.580. The van der Waals surface area contributed by atoms with Gasteiger partial charge in [-0.2, -0.15) is 0 Å². The quantitative estimate of drug-likeness (QED) is 0.177. The molecule has 8 aromatic carbocycles. The van der Waals surface area contributed by atoms with E-state index in [0.717, 1.165) is 68.5 Å². The normalized spacial score (nSPS) is 12.9. The maximum Gasteiger partial charge on any atom is 0.227 e. The van der Waals surface area contributed by atoms with Crippen LogP contribution in [0.15, 0.2) is 161 Å². The number of rotatable bonds is 4. The predicted molar refractivity (Wildman–Crippen MR) is 211 cm³/mol. The molecule has 0 unspecified atom stereocenters. The lowest BCUT2D eigenvalue weighted by atomic mass is 9.89. The zero-order chi connectivity index (χ0) is 33.5. The van der Waals surface area contributed by atoms with Crippen LogP contribution in [0, 0.1) is 0 Å². The molecule has 0 aliphatic heterocycles. The van der Waals surface area contributed by atoms with Crippen molar-refractivity contribution in [2.45, 2.75) is 12.8 Å². The zero-order valence-corrected chi connectivity index (χ0v) is 27.6. The molecule has 2 heterocycles. The van der Waals surface area contributed by atoms with Crippen LogP contribution in [0.2, 0.25) is 0 Å². The molecule has 10 aromatic rings. The van der Waals surface area contributed by atoms with Gasteiger partial charge in [-0.3, -0.25) is 0 Å². The maximum absolute atomic E-state index is 6.77. The summed E-state index contributed by atoms with van der Waals surface area (Å²) in [6.07, 6.45) is 6.54. The maximum atomic E-state index is 6.77. The summed E-state index contributed by atoms with van der Waals surface area (Å²) in [6, 6.07) is 51.5. The summed E-state index contributed by atoms with van der Waals surface area (Å²) in [5.74, 6) is 0.580. The highest BCUT2D eigenvalue weighted by Gasteiger charge is 2.22. The molecule has 0 N–H and O–H groups in total. The van der Waals surface area contributed by atoms with Gasteiger partial charge in [0.2, 0.25) is 5.89 Å². The van der Waals surface area contributed by atoms with Gasteiger partial charge in [0.1, 0.15) is 16.7 Å². The van der Waals surface area contributed by atoms with E-state index in [4.69, 9.17) is 13.8 Å². The lowest BCUT2D eigenvalue weighted by Crippen LogP contribution is -2.09. The Morgan fingerprint density at radius 1 is 0.529 bits per heavy atom. The third-order valence-electron chi connectivity index (χ3n) is 10.5. The Morgan fingerprint density at radius 3 is 2.25 bits per heavy atom. The van der Waals surface area contributed by atoms with Crippen molar-refractivity contribution in [1.29, 1.82) is 0 Å². The van der Waals surface area contributed by atoms with Crippen LogP contribution in [0.3, 0.4) is 0 Å². The molecule has 4 nitrogen and oxygen atoms in total. The lowest BCUT2D eigenvalue weighted by molar-refractivity contribution is 0.622. The van der Waals surface area contributed by atoms with E-state index in [9.17, 15) is 0 Å². The number of nitrogens with zero attached hydrogens (tertiary/aromatic N) is 2. The van der Waals surface area contributed by atoms with E-state index in [1.54, 1.807) is 0 Å². The summed E-state index contributed by atoms with van der Waals surface area (Å²) in [5, 5.41) is 9.51. The second-order valence-electron chi connectivity index (χ2n) is 13.4. The van der Waals surface area contributed by atoms with Gasteiger partial charge in [0, 0.05) is 28.0 Å². The molecule has 1 aliphatic rings. The lowest BCUT2D eigenvalue weighted by Gasteiger charge is -2.26. The molecule has 4 heteroatoms. The van der Waals surface area contributed by atoms with Crippen LogP contribution in [-0.4, -0.2) is 4.98 Å². The topological polar surface area (TPSA) is 42.4 Å². The van der Waals surface area contributed by atoms with E-state index in [0.29, 0.717) is 5.89 Å². The zero-order valence-electron chi connectivity index (χ0n) is 27.6.